The van der Waals surface area contributed by atoms with Crippen LogP contribution in [0.5, 0.6) is 0 Å². The second kappa shape index (κ2) is 7.61. The van der Waals surface area contributed by atoms with Gasteiger partial charge < -0.3 is 5.32 Å². The lowest BCUT2D eigenvalue weighted by Gasteiger charge is -2.17. The molecule has 0 saturated heterocycles. The van der Waals surface area contributed by atoms with Crippen LogP contribution in [0.4, 0.5) is 5.00 Å². The van der Waals surface area contributed by atoms with Crippen molar-refractivity contribution >= 4 is 51.5 Å². The molecule has 1 aromatic carbocycles. The lowest BCUT2D eigenvalue weighted by Crippen LogP contribution is -2.10. The lowest BCUT2D eigenvalue weighted by atomic mass is 9.89. The molecule has 0 radical (unpaired) electrons. The summed E-state index contributed by atoms with van der Waals surface area (Å²) >= 11 is 13.4. The molecule has 0 aliphatic heterocycles. The highest BCUT2D eigenvalue weighted by Crippen LogP contribution is 2.39. The summed E-state index contributed by atoms with van der Waals surface area (Å²) in [6.45, 7) is 2.22. The van der Waals surface area contributed by atoms with E-state index < -0.39 is 0 Å². The Morgan fingerprint density at radius 3 is 2.92 bits per heavy atom. The molecule has 3 nitrogen and oxygen atoms in total. The first-order valence-corrected chi connectivity index (χ1v) is 9.54. The van der Waals surface area contributed by atoms with Gasteiger partial charge in [-0.3, -0.25) is 4.79 Å². The van der Waals surface area contributed by atoms with Gasteiger partial charge in [0.15, 0.2) is 0 Å². The number of hydrogen-bond acceptors (Lipinski definition) is 3. The standard InChI is InChI=1S/C19H16Cl2N2OS/c1-11-2-5-13-14(10-22)19(25-17(13)8-11)23-18(24)7-4-12-3-6-15(20)16(21)9-12/h3-4,6-7,9,11H,2,5,8H2,1H3,(H,23,24)/b7-4+/t11-/m1/s1. The Kier molecular flexibility index (Phi) is 5.48. The van der Waals surface area contributed by atoms with Crippen molar-refractivity contribution in [3.05, 3.63) is 55.9 Å². The molecule has 3 rings (SSSR count). The third kappa shape index (κ3) is 4.07. The molecule has 0 saturated carbocycles. The summed E-state index contributed by atoms with van der Waals surface area (Å²) in [6.07, 6.45) is 6.07. The molecular formula is C19H16Cl2N2OS. The van der Waals surface area contributed by atoms with E-state index in [1.54, 1.807) is 24.3 Å². The van der Waals surface area contributed by atoms with Gasteiger partial charge in [-0.05, 0) is 54.5 Å². The van der Waals surface area contributed by atoms with Crippen LogP contribution in [0.1, 0.15) is 34.9 Å². The van der Waals surface area contributed by atoms with Crippen LogP contribution in [0, 0.1) is 17.2 Å². The number of fused-ring (bicyclic) bond motifs is 1. The van der Waals surface area contributed by atoms with Crippen molar-refractivity contribution in [2.24, 2.45) is 5.92 Å². The van der Waals surface area contributed by atoms with Gasteiger partial charge in [-0.15, -0.1) is 11.3 Å². The van der Waals surface area contributed by atoms with Crippen LogP contribution in [0.3, 0.4) is 0 Å². The SMILES string of the molecule is C[C@@H]1CCc2c(sc(NC(=O)/C=C/c3ccc(Cl)c(Cl)c3)c2C#N)C1. The fourth-order valence-corrected chi connectivity index (χ4v) is 4.57. The first-order valence-electron chi connectivity index (χ1n) is 7.96. The summed E-state index contributed by atoms with van der Waals surface area (Å²) in [5, 5.41) is 13.9. The van der Waals surface area contributed by atoms with E-state index in [-0.39, 0.29) is 5.91 Å². The molecule has 1 N–H and O–H groups in total. The Bertz CT molecular complexity index is 896. The van der Waals surface area contributed by atoms with E-state index in [4.69, 9.17) is 23.2 Å². The van der Waals surface area contributed by atoms with Crippen molar-refractivity contribution in [1.82, 2.24) is 0 Å². The number of carbonyl (C=O) groups excluding carboxylic acids is 1. The fourth-order valence-electron chi connectivity index (χ4n) is 2.90. The molecule has 1 heterocycles. The maximum atomic E-state index is 12.2. The minimum Gasteiger partial charge on any atom is -0.313 e. The monoisotopic (exact) mass is 390 g/mol. The van der Waals surface area contributed by atoms with Gasteiger partial charge in [-0.2, -0.15) is 5.26 Å². The second-order valence-electron chi connectivity index (χ2n) is 6.16. The number of benzene rings is 1. The molecule has 2 aromatic rings. The molecule has 0 spiro atoms. The summed E-state index contributed by atoms with van der Waals surface area (Å²) in [5.74, 6) is 0.352. The molecule has 6 heteroatoms. The van der Waals surface area contributed by atoms with Crippen molar-refractivity contribution in [2.75, 3.05) is 5.32 Å². The molecule has 1 aliphatic rings. The van der Waals surface area contributed by atoms with Crippen LogP contribution in [0.2, 0.25) is 10.0 Å². The molecule has 128 valence electrons. The van der Waals surface area contributed by atoms with Crippen LogP contribution in [-0.4, -0.2) is 5.91 Å². The number of thiophene rings is 1. The number of amides is 1. The number of halogens is 2. The molecular weight excluding hydrogens is 375 g/mol. The number of rotatable bonds is 3. The van der Waals surface area contributed by atoms with Crippen molar-refractivity contribution in [2.45, 2.75) is 26.2 Å². The van der Waals surface area contributed by atoms with Crippen LogP contribution < -0.4 is 5.32 Å². The molecule has 1 atom stereocenters. The van der Waals surface area contributed by atoms with Crippen molar-refractivity contribution in [3.8, 4) is 6.07 Å². The summed E-state index contributed by atoms with van der Waals surface area (Å²) in [6, 6.07) is 7.41. The first-order chi connectivity index (χ1) is 12.0. The van der Waals surface area contributed by atoms with Gasteiger partial charge in [0.2, 0.25) is 5.91 Å². The highest BCUT2D eigenvalue weighted by Gasteiger charge is 2.24. The Balaban J connectivity index is 1.76. The van der Waals surface area contributed by atoms with Gasteiger partial charge in [0.25, 0.3) is 0 Å². The minimum atomic E-state index is -0.269. The van der Waals surface area contributed by atoms with E-state index in [1.807, 2.05) is 0 Å². The number of anilines is 1. The first kappa shape index (κ1) is 18.0. The Hall–Kier alpha value is -1.80. The van der Waals surface area contributed by atoms with Gasteiger partial charge in [-0.1, -0.05) is 36.2 Å². The van der Waals surface area contributed by atoms with Gasteiger partial charge >= 0.3 is 0 Å². The Morgan fingerprint density at radius 2 is 2.20 bits per heavy atom. The highest BCUT2D eigenvalue weighted by molar-refractivity contribution is 7.16. The molecule has 0 bridgehead atoms. The van der Waals surface area contributed by atoms with Crippen LogP contribution in [-0.2, 0) is 17.6 Å². The molecule has 0 unspecified atom stereocenters. The zero-order chi connectivity index (χ0) is 18.0. The topological polar surface area (TPSA) is 52.9 Å². The third-order valence-corrected chi connectivity index (χ3v) is 6.14. The van der Waals surface area contributed by atoms with Crippen LogP contribution in [0.25, 0.3) is 6.08 Å². The minimum absolute atomic E-state index is 0.269. The molecule has 1 aromatic heterocycles. The summed E-state index contributed by atoms with van der Waals surface area (Å²) in [4.78, 5) is 13.4. The molecule has 1 amide bonds. The van der Waals surface area contributed by atoms with Crippen molar-refractivity contribution in [3.63, 3.8) is 0 Å². The predicted molar refractivity (Wildman–Crippen MR) is 104 cm³/mol. The van der Waals surface area contributed by atoms with E-state index in [9.17, 15) is 10.1 Å². The maximum Gasteiger partial charge on any atom is 0.249 e. The number of hydrogen-bond donors (Lipinski definition) is 1. The number of nitriles is 1. The smallest absolute Gasteiger partial charge is 0.249 e. The molecule has 0 fully saturated rings. The highest BCUT2D eigenvalue weighted by atomic mass is 35.5. The summed E-state index contributed by atoms with van der Waals surface area (Å²) in [5.41, 5.74) is 2.50. The average molecular weight is 391 g/mol. The zero-order valence-electron chi connectivity index (χ0n) is 13.6. The van der Waals surface area contributed by atoms with Gasteiger partial charge in [0.05, 0.1) is 15.6 Å². The number of carbonyl (C=O) groups is 1. The fraction of sp³-hybridized carbons (Fsp3) is 0.263. The summed E-state index contributed by atoms with van der Waals surface area (Å²) < 4.78 is 0. The second-order valence-corrected chi connectivity index (χ2v) is 8.08. The molecule has 1 aliphatic carbocycles. The van der Waals surface area contributed by atoms with E-state index in [1.165, 1.54) is 22.3 Å². The van der Waals surface area contributed by atoms with Crippen LogP contribution in [0.15, 0.2) is 24.3 Å². The van der Waals surface area contributed by atoms with Gasteiger partial charge in [-0.25, -0.2) is 0 Å². The lowest BCUT2D eigenvalue weighted by molar-refractivity contribution is -0.111. The average Bonchev–Trinajstić information content (AvgIpc) is 2.91. The van der Waals surface area contributed by atoms with Crippen molar-refractivity contribution < 1.29 is 4.79 Å². The third-order valence-electron chi connectivity index (χ3n) is 4.23. The van der Waals surface area contributed by atoms with Gasteiger partial charge in [0.1, 0.15) is 11.1 Å². The van der Waals surface area contributed by atoms with Crippen LogP contribution >= 0.6 is 34.5 Å². The van der Waals surface area contributed by atoms with Crippen molar-refractivity contribution in [1.29, 1.82) is 5.26 Å². The normalized spacial score (nSPS) is 16.5. The Labute approximate surface area is 160 Å². The largest absolute Gasteiger partial charge is 0.313 e. The van der Waals surface area contributed by atoms with Gasteiger partial charge in [0, 0.05) is 11.0 Å². The van der Waals surface area contributed by atoms with E-state index in [0.29, 0.717) is 26.5 Å². The number of nitrogens with one attached hydrogen (secondary N) is 1. The summed E-state index contributed by atoms with van der Waals surface area (Å²) in [7, 11) is 0. The predicted octanol–water partition coefficient (Wildman–Crippen LogP) is 5.70. The van der Waals surface area contributed by atoms with E-state index in [0.717, 1.165) is 30.4 Å². The Morgan fingerprint density at radius 1 is 1.40 bits per heavy atom. The quantitative estimate of drug-likeness (QED) is 0.682. The van der Waals surface area contributed by atoms with E-state index >= 15 is 0 Å². The van der Waals surface area contributed by atoms with E-state index in [2.05, 4.69) is 18.3 Å². The molecule has 25 heavy (non-hydrogen) atoms. The maximum absolute atomic E-state index is 12.2. The number of nitrogens with zero attached hydrogens (tertiary/aromatic N) is 1. The zero-order valence-corrected chi connectivity index (χ0v) is 15.9.